The van der Waals surface area contributed by atoms with Crippen molar-refractivity contribution >= 4 is 23.4 Å². The molecule has 0 atom stereocenters. The highest BCUT2D eigenvalue weighted by Crippen LogP contribution is 2.22. The average molecular weight is 353 g/mol. The third-order valence-corrected chi connectivity index (χ3v) is 3.24. The van der Waals surface area contributed by atoms with Gasteiger partial charge >= 0.3 is 0 Å². The maximum atomic E-state index is 13.7. The van der Waals surface area contributed by atoms with Crippen LogP contribution >= 0.6 is 11.6 Å². The molecule has 2 aromatic rings. The van der Waals surface area contributed by atoms with Gasteiger partial charge in [0, 0.05) is 6.07 Å². The lowest BCUT2D eigenvalue weighted by atomic mass is 10.2. The minimum absolute atomic E-state index is 0.233. The van der Waals surface area contributed by atoms with Gasteiger partial charge in [-0.05, 0) is 24.3 Å². The van der Waals surface area contributed by atoms with E-state index >= 15 is 0 Å². The number of hydrazine groups is 1. The second kappa shape index (κ2) is 8.16. The van der Waals surface area contributed by atoms with Crippen molar-refractivity contribution in [2.75, 3.05) is 13.7 Å². The van der Waals surface area contributed by atoms with E-state index in [1.807, 2.05) is 0 Å². The average Bonchev–Trinajstić information content (AvgIpc) is 2.58. The van der Waals surface area contributed by atoms with Crippen molar-refractivity contribution in [1.29, 1.82) is 0 Å². The lowest BCUT2D eigenvalue weighted by Crippen LogP contribution is -2.44. The minimum Gasteiger partial charge on any atom is -0.497 e. The number of carbonyl (C=O) groups excluding carboxylic acids is 2. The van der Waals surface area contributed by atoms with Crippen molar-refractivity contribution in [3.8, 4) is 11.5 Å². The summed E-state index contributed by atoms with van der Waals surface area (Å²) in [5.41, 5.74) is 3.98. The van der Waals surface area contributed by atoms with Crippen LogP contribution in [0.1, 0.15) is 10.4 Å². The number of para-hydroxylation sites is 1. The lowest BCUT2D eigenvalue weighted by molar-refractivity contribution is -0.123. The number of nitrogens with one attached hydrogen (secondary N) is 2. The van der Waals surface area contributed by atoms with Crippen molar-refractivity contribution in [3.63, 3.8) is 0 Å². The van der Waals surface area contributed by atoms with Crippen LogP contribution in [0.15, 0.2) is 42.5 Å². The topological polar surface area (TPSA) is 76.7 Å². The van der Waals surface area contributed by atoms with Gasteiger partial charge in [-0.25, -0.2) is 4.39 Å². The number of hydrogen-bond acceptors (Lipinski definition) is 4. The van der Waals surface area contributed by atoms with Gasteiger partial charge in [-0.15, -0.1) is 0 Å². The maximum absolute atomic E-state index is 13.7. The number of benzene rings is 2. The Morgan fingerprint density at radius 3 is 2.58 bits per heavy atom. The molecular formula is C16H14ClFN2O4. The van der Waals surface area contributed by atoms with E-state index in [-0.39, 0.29) is 17.9 Å². The zero-order valence-corrected chi connectivity index (χ0v) is 13.4. The summed E-state index contributed by atoms with van der Waals surface area (Å²) in [6.07, 6.45) is 0. The van der Waals surface area contributed by atoms with Crippen LogP contribution in [0, 0.1) is 5.82 Å². The molecule has 0 fully saturated rings. The second-order valence-corrected chi connectivity index (χ2v) is 4.97. The van der Waals surface area contributed by atoms with E-state index in [9.17, 15) is 14.0 Å². The number of halogens is 2. The zero-order chi connectivity index (χ0) is 17.5. The fraction of sp³-hybridized carbons (Fsp3) is 0.125. The van der Waals surface area contributed by atoms with E-state index in [0.717, 1.165) is 6.07 Å². The highest BCUT2D eigenvalue weighted by atomic mass is 35.5. The van der Waals surface area contributed by atoms with Gasteiger partial charge in [0.05, 0.1) is 17.7 Å². The molecule has 0 unspecified atom stereocenters. The molecule has 2 aromatic carbocycles. The molecule has 24 heavy (non-hydrogen) atoms. The van der Waals surface area contributed by atoms with Crippen LogP contribution < -0.4 is 20.3 Å². The first-order chi connectivity index (χ1) is 11.5. The molecule has 0 heterocycles. The Morgan fingerprint density at radius 2 is 1.92 bits per heavy atom. The van der Waals surface area contributed by atoms with E-state index in [4.69, 9.17) is 21.1 Å². The quantitative estimate of drug-likeness (QED) is 0.810. The van der Waals surface area contributed by atoms with Crippen LogP contribution in [-0.2, 0) is 4.79 Å². The lowest BCUT2D eigenvalue weighted by Gasteiger charge is -2.10. The molecule has 0 aromatic heterocycles. The van der Waals surface area contributed by atoms with Crippen molar-refractivity contribution in [3.05, 3.63) is 58.9 Å². The van der Waals surface area contributed by atoms with E-state index in [1.54, 1.807) is 24.3 Å². The van der Waals surface area contributed by atoms with E-state index in [1.165, 1.54) is 19.2 Å². The number of methoxy groups -OCH3 is 1. The van der Waals surface area contributed by atoms with Crippen LogP contribution in [0.25, 0.3) is 0 Å². The molecule has 6 nitrogen and oxygen atoms in total. The van der Waals surface area contributed by atoms with Gasteiger partial charge in [0.25, 0.3) is 11.8 Å². The molecule has 0 aliphatic carbocycles. The van der Waals surface area contributed by atoms with Gasteiger partial charge in [0.2, 0.25) is 0 Å². The van der Waals surface area contributed by atoms with Gasteiger partial charge < -0.3 is 9.47 Å². The van der Waals surface area contributed by atoms with Crippen molar-refractivity contribution < 1.29 is 23.5 Å². The normalized spacial score (nSPS) is 9.96. The van der Waals surface area contributed by atoms with Crippen molar-refractivity contribution in [1.82, 2.24) is 10.9 Å². The number of ether oxygens (including phenoxy) is 2. The predicted octanol–water partition coefficient (Wildman–Crippen LogP) is 2.33. The Labute approximate surface area is 142 Å². The molecule has 0 saturated heterocycles. The smallest absolute Gasteiger partial charge is 0.276 e. The summed E-state index contributed by atoms with van der Waals surface area (Å²) < 4.78 is 23.8. The molecule has 126 valence electrons. The highest BCUT2D eigenvalue weighted by Gasteiger charge is 2.13. The SMILES string of the molecule is COc1ccc(C(=O)NNC(=O)COc2ccccc2Cl)c(F)c1. The first kappa shape index (κ1) is 17.6. The number of carbonyl (C=O) groups is 2. The number of rotatable bonds is 5. The molecule has 2 amide bonds. The zero-order valence-electron chi connectivity index (χ0n) is 12.6. The summed E-state index contributed by atoms with van der Waals surface area (Å²) in [7, 11) is 1.38. The molecular weight excluding hydrogens is 339 g/mol. The summed E-state index contributed by atoms with van der Waals surface area (Å²) in [6, 6.07) is 10.4. The Balaban J connectivity index is 1.85. The summed E-state index contributed by atoms with van der Waals surface area (Å²) in [5, 5.41) is 0.356. The van der Waals surface area contributed by atoms with Crippen molar-refractivity contribution in [2.24, 2.45) is 0 Å². The third kappa shape index (κ3) is 4.60. The van der Waals surface area contributed by atoms with E-state index in [0.29, 0.717) is 10.8 Å². The van der Waals surface area contributed by atoms with Gasteiger partial charge in [-0.3, -0.25) is 20.4 Å². The molecule has 0 radical (unpaired) electrons. The molecule has 2 rings (SSSR count). The van der Waals surface area contributed by atoms with Crippen molar-refractivity contribution in [2.45, 2.75) is 0 Å². The first-order valence-electron chi connectivity index (χ1n) is 6.81. The Hall–Kier alpha value is -2.80. The summed E-state index contributed by atoms with van der Waals surface area (Å²) in [4.78, 5) is 23.5. The largest absolute Gasteiger partial charge is 0.497 e. The van der Waals surface area contributed by atoms with Crippen LogP contribution in [-0.4, -0.2) is 25.5 Å². The summed E-state index contributed by atoms with van der Waals surface area (Å²) in [5.74, 6) is -1.59. The van der Waals surface area contributed by atoms with Crippen LogP contribution in [0.2, 0.25) is 5.02 Å². The Morgan fingerprint density at radius 1 is 1.17 bits per heavy atom. The number of amides is 2. The molecule has 8 heteroatoms. The fourth-order valence-corrected chi connectivity index (χ4v) is 1.93. The molecule has 2 N–H and O–H groups in total. The molecule has 0 spiro atoms. The summed E-state index contributed by atoms with van der Waals surface area (Å²) >= 11 is 5.88. The highest BCUT2D eigenvalue weighted by molar-refractivity contribution is 6.32. The standard InChI is InChI=1S/C16H14ClFN2O4/c1-23-10-6-7-11(13(18)8-10)16(22)20-19-15(21)9-24-14-5-3-2-4-12(14)17/h2-8H,9H2,1H3,(H,19,21)(H,20,22). The fourth-order valence-electron chi connectivity index (χ4n) is 1.74. The molecule has 0 bridgehead atoms. The van der Waals surface area contributed by atoms with Crippen LogP contribution in [0.4, 0.5) is 4.39 Å². The third-order valence-electron chi connectivity index (χ3n) is 2.93. The Kier molecular flexibility index (Phi) is 5.97. The summed E-state index contributed by atoms with van der Waals surface area (Å²) in [6.45, 7) is -0.366. The first-order valence-corrected chi connectivity index (χ1v) is 7.19. The van der Waals surface area contributed by atoms with Gasteiger partial charge in [-0.1, -0.05) is 23.7 Å². The molecule has 0 saturated carbocycles. The maximum Gasteiger partial charge on any atom is 0.276 e. The number of hydrogen-bond donors (Lipinski definition) is 2. The van der Waals surface area contributed by atoms with Gasteiger partial charge in [-0.2, -0.15) is 0 Å². The molecule has 0 aliphatic rings. The predicted molar refractivity (Wildman–Crippen MR) is 85.5 cm³/mol. The van der Waals surface area contributed by atoms with Gasteiger partial charge in [0.15, 0.2) is 6.61 Å². The Bertz CT molecular complexity index is 755. The second-order valence-electron chi connectivity index (χ2n) is 4.57. The van der Waals surface area contributed by atoms with Crippen LogP contribution in [0.3, 0.4) is 0 Å². The molecule has 0 aliphatic heterocycles. The van der Waals surface area contributed by atoms with E-state index < -0.39 is 17.6 Å². The minimum atomic E-state index is -0.804. The van der Waals surface area contributed by atoms with Crippen LogP contribution in [0.5, 0.6) is 11.5 Å². The van der Waals surface area contributed by atoms with E-state index in [2.05, 4.69) is 10.9 Å². The monoisotopic (exact) mass is 352 g/mol. The van der Waals surface area contributed by atoms with Gasteiger partial charge in [0.1, 0.15) is 17.3 Å².